The summed E-state index contributed by atoms with van der Waals surface area (Å²) in [5, 5.41) is 49.0. The molecule has 2 aromatic rings. The number of nitrogens with zero attached hydrogens (tertiary/aromatic N) is 3. The van der Waals surface area contributed by atoms with Gasteiger partial charge in [-0.05, 0) is 79.9 Å². The summed E-state index contributed by atoms with van der Waals surface area (Å²) in [6.07, 6.45) is -0.918. The molecule has 0 unspecified atom stereocenters. The van der Waals surface area contributed by atoms with E-state index in [4.69, 9.17) is 22.9 Å². The van der Waals surface area contributed by atoms with Gasteiger partial charge < -0.3 is 85.3 Å². The highest BCUT2D eigenvalue weighted by Crippen LogP contribution is 2.27. The lowest BCUT2D eigenvalue weighted by molar-refractivity contribution is -0.148. The predicted molar refractivity (Wildman–Crippen MR) is 327 cm³/mol. The first kappa shape index (κ1) is 71.8. The monoisotopic (exact) mass is 1250 g/mol. The Kier molecular flexibility index (Phi) is 29.5. The molecule has 0 aliphatic carbocycles. The average molecular weight is 1260 g/mol. The van der Waals surface area contributed by atoms with E-state index >= 15 is 4.79 Å². The van der Waals surface area contributed by atoms with Crippen molar-refractivity contribution < 1.29 is 68.1 Å². The predicted octanol–water partition coefficient (Wildman–Crippen LogP) is -2.65. The molecule has 0 saturated carbocycles. The van der Waals surface area contributed by atoms with Crippen molar-refractivity contribution in [2.45, 2.75) is 171 Å². The maximum atomic E-state index is 15.1. The Labute approximate surface area is 516 Å². The standard InChI is InChI=1S/C57H86N14O14S2/c1-4-11-37(48(76)68-42(30-87)56(84)85)65-53(81)46(31(3)5-2)69-52(80)44-28-35(73)29-71(44)55(83)43-15-10-24-70(43)54(82)41(27-32-12-7-6-8-13-32)67-51(79)40(26-33-16-18-34(72)19-17-33)66-50(78)39(20-21-45(59)74)64-49(77)38(14-9-23-62-57(60)61)63-47(75)36(58)22-25-86/h6-8,12-13,16-19,31,35-44,46,72-73,86-87H,4-5,9-11,14-15,20-30,58H2,1-3H3,(H2,59,74)(H,63,75)(H,64,77)(H,65,81)(H,66,78)(H,67,79)(H,68,76)(H,69,80)(H,84,85)(H4,60,61,62)/t31-,35+,36-,37-,38-,39-,40-,41-,42-,43-,44-,46-/m0/s1. The molecular weight excluding hydrogens is 1170 g/mol. The number of β-amino-alcohol motifs (C(OH)–C–C–N with tert-alkyl or cyclic N) is 1. The number of guanidine groups is 1. The number of phenols is 1. The fourth-order valence-electron chi connectivity index (χ4n) is 10.0. The topological polar surface area (TPSA) is 456 Å². The summed E-state index contributed by atoms with van der Waals surface area (Å²) in [7, 11) is 0. The molecule has 12 atom stereocenters. The molecule has 0 bridgehead atoms. The van der Waals surface area contributed by atoms with E-state index in [9.17, 15) is 63.3 Å². The maximum absolute atomic E-state index is 15.1. The van der Waals surface area contributed by atoms with Gasteiger partial charge in [0.1, 0.15) is 60.1 Å². The second-order valence-corrected chi connectivity index (χ2v) is 22.6. The van der Waals surface area contributed by atoms with E-state index in [1.165, 1.54) is 29.2 Å². The summed E-state index contributed by atoms with van der Waals surface area (Å²) in [6.45, 7) is 5.01. The molecule has 2 fully saturated rings. The van der Waals surface area contributed by atoms with E-state index in [1.807, 2.05) is 0 Å². The smallest absolute Gasteiger partial charge is 0.327 e. The number of phenolic OH excluding ortho intramolecular Hbond substituents is 1. The number of carbonyl (C=O) groups excluding carboxylic acids is 10. The highest BCUT2D eigenvalue weighted by atomic mass is 32.1. The molecule has 18 N–H and O–H groups in total. The number of aromatic hydroxyl groups is 1. The Balaban J connectivity index is 1.65. The van der Waals surface area contributed by atoms with Crippen molar-refractivity contribution in [2.24, 2.45) is 33.8 Å². The first-order valence-corrected chi connectivity index (χ1v) is 30.4. The van der Waals surface area contributed by atoms with Crippen molar-refractivity contribution in [3.8, 4) is 5.75 Å². The van der Waals surface area contributed by atoms with E-state index in [2.05, 4.69) is 67.5 Å². The maximum Gasteiger partial charge on any atom is 0.327 e. The van der Waals surface area contributed by atoms with Crippen LogP contribution in [0.2, 0.25) is 0 Å². The number of aliphatic imine (C=N–C) groups is 1. The van der Waals surface area contributed by atoms with E-state index in [-0.39, 0.29) is 101 Å². The number of primary amides is 1. The van der Waals surface area contributed by atoms with Gasteiger partial charge in [-0.15, -0.1) is 0 Å². The fraction of sp³-hybridized carbons (Fsp3) is 0.579. The largest absolute Gasteiger partial charge is 0.508 e. The third-order valence-corrected chi connectivity index (χ3v) is 15.7. The van der Waals surface area contributed by atoms with Gasteiger partial charge in [-0.3, -0.25) is 52.9 Å². The van der Waals surface area contributed by atoms with Gasteiger partial charge in [0.15, 0.2) is 5.96 Å². The summed E-state index contributed by atoms with van der Waals surface area (Å²) in [6, 6.07) is 1.15. The second kappa shape index (κ2) is 35.8. The summed E-state index contributed by atoms with van der Waals surface area (Å²) >= 11 is 8.13. The number of thiol groups is 2. The molecule has 87 heavy (non-hydrogen) atoms. The first-order chi connectivity index (χ1) is 41.3. The lowest BCUT2D eigenvalue weighted by Gasteiger charge is -2.34. The Hall–Kier alpha value is -7.70. The number of aliphatic hydroxyl groups is 1. The van der Waals surface area contributed by atoms with Crippen molar-refractivity contribution in [1.82, 2.24) is 47.0 Å². The number of carboxylic acid groups (broad SMARTS) is 1. The van der Waals surface area contributed by atoms with Gasteiger partial charge in [0.2, 0.25) is 59.1 Å². The third kappa shape index (κ3) is 22.5. The SMILES string of the molecule is CCC[C@H](NC(=O)[C@@H](NC(=O)[C@@H]1C[C@@H](O)CN1C(=O)[C@@H]1CCCN1C(=O)[C@H](Cc1ccccc1)NC(=O)[C@H](Cc1ccc(O)cc1)NC(=O)[C@H](CCC(N)=O)NC(=O)[C@H](CCCN=C(N)N)NC(=O)[C@@H](N)CCS)[C@@H](C)CC)C(=O)N[C@@H](CS)C(=O)O. The molecule has 0 aromatic heterocycles. The van der Waals surface area contributed by atoms with Crippen molar-refractivity contribution >= 4 is 96.3 Å². The van der Waals surface area contributed by atoms with Crippen LogP contribution in [-0.4, -0.2) is 194 Å². The first-order valence-electron chi connectivity index (χ1n) is 29.1. The second-order valence-electron chi connectivity index (χ2n) is 21.8. The Bertz CT molecular complexity index is 2730. The molecule has 2 aliphatic heterocycles. The van der Waals surface area contributed by atoms with Gasteiger partial charge in [0.25, 0.3) is 0 Å². The van der Waals surface area contributed by atoms with Gasteiger partial charge in [0.05, 0.1) is 12.1 Å². The molecule has 30 heteroatoms. The summed E-state index contributed by atoms with van der Waals surface area (Å²) in [5.41, 5.74) is 23.5. The van der Waals surface area contributed by atoms with Gasteiger partial charge in [-0.2, -0.15) is 25.3 Å². The van der Waals surface area contributed by atoms with Gasteiger partial charge in [0, 0.05) is 51.1 Å². The van der Waals surface area contributed by atoms with Crippen LogP contribution < -0.4 is 60.2 Å². The van der Waals surface area contributed by atoms with Gasteiger partial charge in [-0.25, -0.2) is 4.79 Å². The average Bonchev–Trinajstić information content (AvgIpc) is 2.60. The molecule has 28 nitrogen and oxygen atoms in total. The number of carboxylic acids is 1. The molecule has 480 valence electrons. The molecular formula is C57H86N14O14S2. The number of aliphatic hydroxyl groups excluding tert-OH is 1. The van der Waals surface area contributed by atoms with Gasteiger partial charge >= 0.3 is 5.97 Å². The van der Waals surface area contributed by atoms with Crippen LogP contribution in [0.15, 0.2) is 59.6 Å². The Morgan fingerprint density at radius 1 is 0.667 bits per heavy atom. The minimum absolute atomic E-state index is 0.0272. The quantitative estimate of drug-likeness (QED) is 0.0145. The number of nitrogens with two attached hydrogens (primary N) is 4. The zero-order valence-corrected chi connectivity index (χ0v) is 51.0. The van der Waals surface area contributed by atoms with Crippen molar-refractivity contribution in [1.29, 1.82) is 0 Å². The number of hydrogen-bond donors (Lipinski definition) is 16. The van der Waals surface area contributed by atoms with Crippen molar-refractivity contribution in [3.05, 3.63) is 65.7 Å². The highest BCUT2D eigenvalue weighted by Gasteiger charge is 2.47. The van der Waals surface area contributed by atoms with E-state index < -0.39 is 144 Å². The summed E-state index contributed by atoms with van der Waals surface area (Å²) < 4.78 is 0. The number of hydrogen-bond acceptors (Lipinski definition) is 17. The lowest BCUT2D eigenvalue weighted by atomic mass is 9.97. The Morgan fingerprint density at radius 2 is 1.22 bits per heavy atom. The number of benzene rings is 2. The van der Waals surface area contributed by atoms with Crippen LogP contribution in [0, 0.1) is 5.92 Å². The van der Waals surface area contributed by atoms with Crippen LogP contribution in [0.4, 0.5) is 0 Å². The number of aliphatic carboxylic acids is 1. The number of nitrogens with one attached hydrogen (secondary N) is 7. The zero-order chi connectivity index (χ0) is 64.5. The highest BCUT2D eigenvalue weighted by molar-refractivity contribution is 7.80. The molecule has 0 radical (unpaired) electrons. The summed E-state index contributed by atoms with van der Waals surface area (Å²) in [4.78, 5) is 158. The molecule has 0 spiro atoms. The van der Waals surface area contributed by atoms with E-state index in [1.54, 1.807) is 51.1 Å². The Morgan fingerprint density at radius 3 is 1.80 bits per heavy atom. The molecule has 2 saturated heterocycles. The third-order valence-electron chi connectivity index (χ3n) is 15.1. The van der Waals surface area contributed by atoms with Crippen LogP contribution in [0.1, 0.15) is 103 Å². The molecule has 4 rings (SSSR count). The van der Waals surface area contributed by atoms with Crippen LogP contribution in [-0.2, 0) is 65.6 Å². The molecule has 2 aliphatic rings. The number of carbonyl (C=O) groups is 11. The van der Waals surface area contributed by atoms with Crippen molar-refractivity contribution in [2.75, 3.05) is 31.1 Å². The van der Waals surface area contributed by atoms with Crippen LogP contribution in [0.3, 0.4) is 0 Å². The zero-order valence-electron chi connectivity index (χ0n) is 49.2. The van der Waals surface area contributed by atoms with Gasteiger partial charge in [-0.1, -0.05) is 76.1 Å². The van der Waals surface area contributed by atoms with Crippen molar-refractivity contribution in [3.63, 3.8) is 0 Å². The van der Waals surface area contributed by atoms with E-state index in [0.717, 1.165) is 4.90 Å². The minimum atomic E-state index is -1.55. The number of amides is 10. The van der Waals surface area contributed by atoms with Crippen LogP contribution >= 0.6 is 25.3 Å². The normalized spacial score (nSPS) is 18.6. The van der Waals surface area contributed by atoms with Crippen LogP contribution in [0.25, 0.3) is 0 Å². The number of likely N-dealkylation sites (tertiary alicyclic amines) is 2. The molecule has 2 heterocycles. The lowest BCUT2D eigenvalue weighted by Crippen LogP contribution is -2.61. The number of rotatable bonds is 35. The molecule has 10 amide bonds. The summed E-state index contributed by atoms with van der Waals surface area (Å²) in [5.74, 6) is -10.1. The van der Waals surface area contributed by atoms with E-state index in [0.29, 0.717) is 30.4 Å². The fourth-order valence-corrected chi connectivity index (χ4v) is 10.6. The minimum Gasteiger partial charge on any atom is -0.508 e. The van der Waals surface area contributed by atoms with Crippen LogP contribution in [0.5, 0.6) is 5.75 Å². The molecule has 2 aromatic carbocycles.